The molecule has 7 nitrogen and oxygen atoms in total. The zero-order valence-electron chi connectivity index (χ0n) is 28.5. The van der Waals surface area contributed by atoms with Crippen LogP contribution in [0.5, 0.6) is 5.75 Å². The van der Waals surface area contributed by atoms with Crippen LogP contribution in [-0.2, 0) is 14.3 Å². The highest BCUT2D eigenvalue weighted by Crippen LogP contribution is 2.75. The Labute approximate surface area is 274 Å². The van der Waals surface area contributed by atoms with Crippen molar-refractivity contribution < 1.29 is 34.8 Å². The van der Waals surface area contributed by atoms with E-state index in [0.29, 0.717) is 12.8 Å². The lowest BCUT2D eigenvalue weighted by molar-refractivity contribution is -0.245. The molecular formula is C39H54O7. The van der Waals surface area contributed by atoms with Crippen LogP contribution in [0.2, 0.25) is 0 Å². The first-order valence-electron chi connectivity index (χ1n) is 17.4. The maximum Gasteiger partial charge on any atom is 0.330 e. The minimum absolute atomic E-state index is 0.00428. The largest absolute Gasteiger partial charge is 0.508 e. The molecule has 0 radical (unpaired) electrons. The van der Waals surface area contributed by atoms with Gasteiger partial charge in [-0.15, -0.1) is 0 Å². The van der Waals surface area contributed by atoms with Crippen molar-refractivity contribution in [3.8, 4) is 5.75 Å². The van der Waals surface area contributed by atoms with Crippen LogP contribution in [-0.4, -0.2) is 51.2 Å². The van der Waals surface area contributed by atoms with Crippen LogP contribution in [0.4, 0.5) is 0 Å². The number of phenolic OH excluding ortho intramolecular Hbond substituents is 1. The molecule has 4 fully saturated rings. The number of ether oxygens (including phenoxy) is 1. The van der Waals surface area contributed by atoms with Crippen LogP contribution in [0.3, 0.4) is 0 Å². The monoisotopic (exact) mass is 634 g/mol. The highest BCUT2D eigenvalue weighted by Gasteiger charge is 2.70. The number of aliphatic hydroxyl groups is 2. The van der Waals surface area contributed by atoms with Gasteiger partial charge in [-0.1, -0.05) is 65.3 Å². The number of aromatic hydroxyl groups is 1. The average Bonchev–Trinajstić information content (AvgIpc) is 2.98. The van der Waals surface area contributed by atoms with Crippen molar-refractivity contribution in [2.24, 2.45) is 50.2 Å². The second-order valence-electron chi connectivity index (χ2n) is 17.4. The number of carbonyl (C=O) groups is 2. The number of aliphatic hydroxyl groups excluding tert-OH is 2. The second kappa shape index (κ2) is 10.9. The number of carboxylic acid groups (broad SMARTS) is 1. The van der Waals surface area contributed by atoms with E-state index in [1.54, 1.807) is 30.3 Å². The quantitative estimate of drug-likeness (QED) is 0.154. The zero-order valence-corrected chi connectivity index (χ0v) is 28.5. The summed E-state index contributed by atoms with van der Waals surface area (Å²) in [4.78, 5) is 25.8. The Balaban J connectivity index is 1.30. The highest BCUT2D eigenvalue weighted by atomic mass is 16.5. The molecule has 5 aliphatic rings. The fourth-order valence-electron chi connectivity index (χ4n) is 11.8. The van der Waals surface area contributed by atoms with Gasteiger partial charge >= 0.3 is 11.9 Å². The summed E-state index contributed by atoms with van der Waals surface area (Å²) in [6.45, 7) is 13.7. The van der Waals surface area contributed by atoms with E-state index in [9.17, 15) is 30.0 Å². The smallest absolute Gasteiger partial charge is 0.330 e. The number of esters is 1. The molecule has 7 heteroatoms. The summed E-state index contributed by atoms with van der Waals surface area (Å²) in [5.74, 6) is -0.702. The Morgan fingerprint density at radius 1 is 0.913 bits per heavy atom. The molecule has 4 N–H and O–H groups in total. The number of carboxylic acids is 1. The SMILES string of the molecule is CC1(C)CC[C@]2(C(=O)O)CC[C@]3(C)C(=CC[C@@H]4[C@@]5(C)C[C@@H](O)[C@H](O)C(C)(COC(=O)C=Cc6ccc(O)cc6)C5CC[C@]43C)[C@H]2C1. The fourth-order valence-corrected chi connectivity index (χ4v) is 11.8. The van der Waals surface area contributed by atoms with E-state index in [1.807, 2.05) is 6.92 Å². The van der Waals surface area contributed by atoms with E-state index in [-0.39, 0.29) is 51.8 Å². The molecule has 0 aliphatic heterocycles. The number of rotatable bonds is 5. The van der Waals surface area contributed by atoms with E-state index >= 15 is 0 Å². The Kier molecular flexibility index (Phi) is 7.92. The van der Waals surface area contributed by atoms with Crippen LogP contribution in [0.25, 0.3) is 6.08 Å². The molecule has 46 heavy (non-hydrogen) atoms. The standard InChI is InChI=1S/C39H54O7/c1-34(2)17-19-39(33(44)45)20-18-37(5)26(27(39)21-34)12-13-30-35(3)22-28(41)32(43)36(4,29(35)15-16-38(30,37)6)23-46-31(42)14-9-24-7-10-25(40)11-8-24/h7-12,14,27-30,32,40-41,43H,13,15-23H2,1-6H3,(H,44,45)/t27-,28-,29?,30-,32+,35+,36?,37-,38-,39+/m1/s1. The minimum atomic E-state index is -1.02. The predicted octanol–water partition coefficient (Wildman–Crippen LogP) is 7.15. The first-order valence-corrected chi connectivity index (χ1v) is 17.4. The lowest BCUT2D eigenvalue weighted by atomic mass is 9.33. The van der Waals surface area contributed by atoms with Crippen molar-refractivity contribution >= 4 is 18.0 Å². The summed E-state index contributed by atoms with van der Waals surface area (Å²) < 4.78 is 5.81. The number of aliphatic carboxylic acids is 1. The van der Waals surface area contributed by atoms with Crippen molar-refractivity contribution in [2.75, 3.05) is 6.61 Å². The maximum absolute atomic E-state index is 12.9. The van der Waals surface area contributed by atoms with Crippen molar-refractivity contribution in [1.29, 1.82) is 0 Å². The average molecular weight is 635 g/mol. The Hall–Kier alpha value is -2.64. The van der Waals surface area contributed by atoms with E-state index < -0.39 is 35.0 Å². The summed E-state index contributed by atoms with van der Waals surface area (Å²) >= 11 is 0. The normalized spacial score (nSPS) is 44.6. The van der Waals surface area contributed by atoms with Gasteiger partial charge < -0.3 is 25.2 Å². The second-order valence-corrected chi connectivity index (χ2v) is 17.4. The van der Waals surface area contributed by atoms with Crippen LogP contribution in [0, 0.1) is 50.2 Å². The predicted molar refractivity (Wildman–Crippen MR) is 176 cm³/mol. The van der Waals surface area contributed by atoms with Gasteiger partial charge in [0.25, 0.3) is 0 Å². The number of carbonyl (C=O) groups excluding carboxylic acids is 1. The van der Waals surface area contributed by atoms with Crippen LogP contribution in [0.15, 0.2) is 42.0 Å². The minimum Gasteiger partial charge on any atom is -0.508 e. The number of hydrogen-bond donors (Lipinski definition) is 4. The number of fused-ring (bicyclic) bond motifs is 7. The third-order valence-electron chi connectivity index (χ3n) is 14.6. The molecule has 1 aromatic carbocycles. The summed E-state index contributed by atoms with van der Waals surface area (Å²) in [7, 11) is 0. The Morgan fingerprint density at radius 3 is 2.26 bits per heavy atom. The van der Waals surface area contributed by atoms with Crippen LogP contribution >= 0.6 is 0 Å². The van der Waals surface area contributed by atoms with Gasteiger partial charge in [0.05, 0.1) is 24.2 Å². The molecule has 252 valence electrons. The van der Waals surface area contributed by atoms with Gasteiger partial charge in [-0.25, -0.2) is 4.79 Å². The molecule has 5 aliphatic carbocycles. The lowest BCUT2D eigenvalue weighted by Crippen LogP contribution is -2.68. The van der Waals surface area contributed by atoms with Crippen molar-refractivity contribution in [3.05, 3.63) is 47.6 Å². The number of hydrogen-bond acceptors (Lipinski definition) is 6. The summed E-state index contributed by atoms with van der Waals surface area (Å²) in [5.41, 5.74) is 0.147. The molecule has 0 spiro atoms. The molecule has 0 saturated heterocycles. The maximum atomic E-state index is 12.9. The van der Waals surface area contributed by atoms with Gasteiger partial charge in [-0.05, 0) is 121 Å². The molecule has 0 amide bonds. The van der Waals surface area contributed by atoms with Crippen LogP contribution in [0.1, 0.15) is 105 Å². The molecule has 4 saturated carbocycles. The molecule has 0 aromatic heterocycles. The van der Waals surface area contributed by atoms with Crippen molar-refractivity contribution in [1.82, 2.24) is 0 Å². The third kappa shape index (κ3) is 4.81. The summed E-state index contributed by atoms with van der Waals surface area (Å²) in [5, 5.41) is 43.1. The Bertz CT molecular complexity index is 1440. The molecule has 6 rings (SSSR count). The van der Waals surface area contributed by atoms with E-state index in [4.69, 9.17) is 4.74 Å². The summed E-state index contributed by atoms with van der Waals surface area (Å²) in [6, 6.07) is 6.53. The number of benzene rings is 1. The molecule has 0 heterocycles. The van der Waals surface area contributed by atoms with Crippen molar-refractivity contribution in [3.63, 3.8) is 0 Å². The molecule has 0 bridgehead atoms. The lowest BCUT2D eigenvalue weighted by Gasteiger charge is -2.71. The Morgan fingerprint density at radius 2 is 1.59 bits per heavy atom. The van der Waals surface area contributed by atoms with E-state index in [0.717, 1.165) is 50.5 Å². The first kappa shape index (κ1) is 33.3. The van der Waals surface area contributed by atoms with E-state index in [1.165, 1.54) is 11.6 Å². The molecular weight excluding hydrogens is 580 g/mol. The number of allylic oxidation sites excluding steroid dienone is 2. The van der Waals surface area contributed by atoms with Crippen LogP contribution < -0.4 is 0 Å². The summed E-state index contributed by atoms with van der Waals surface area (Å²) in [6.07, 6.45) is 10.7. The zero-order chi connectivity index (χ0) is 33.5. The van der Waals surface area contributed by atoms with Gasteiger partial charge in [-0.2, -0.15) is 0 Å². The highest BCUT2D eigenvalue weighted by molar-refractivity contribution is 5.87. The number of phenols is 1. The fraction of sp³-hybridized carbons (Fsp3) is 0.692. The van der Waals surface area contributed by atoms with Gasteiger partial charge in [0, 0.05) is 11.5 Å². The van der Waals surface area contributed by atoms with Gasteiger partial charge in [0.1, 0.15) is 5.75 Å². The van der Waals surface area contributed by atoms with Crippen molar-refractivity contribution in [2.45, 2.75) is 112 Å². The molecule has 2 unspecified atom stereocenters. The van der Waals surface area contributed by atoms with Gasteiger partial charge in [0.2, 0.25) is 0 Å². The van der Waals surface area contributed by atoms with Gasteiger partial charge in [-0.3, -0.25) is 4.79 Å². The molecule has 1 aromatic rings. The third-order valence-corrected chi connectivity index (χ3v) is 14.6. The topological polar surface area (TPSA) is 124 Å². The molecule has 10 atom stereocenters. The van der Waals surface area contributed by atoms with Gasteiger partial charge in [0.15, 0.2) is 0 Å². The first-order chi connectivity index (χ1) is 21.4. The van der Waals surface area contributed by atoms with E-state index in [2.05, 4.69) is 40.7 Å².